The van der Waals surface area contributed by atoms with Crippen LogP contribution in [0.4, 0.5) is 0 Å². The van der Waals surface area contributed by atoms with Crippen LogP contribution in [0.1, 0.15) is 33.1 Å². The molecular formula is C9H17NO3. The molecule has 0 aliphatic carbocycles. The standard InChI is InChI=1S/C9H17NO3/c1-3-5-8(9(12)13)10(7-11)6-4-2/h7-8H,3-6H2,1-2H3,(H,12,13). The van der Waals surface area contributed by atoms with Crippen molar-refractivity contribution >= 4 is 12.4 Å². The zero-order chi connectivity index (χ0) is 10.3. The van der Waals surface area contributed by atoms with Gasteiger partial charge in [-0.3, -0.25) is 4.79 Å². The first-order valence-electron chi connectivity index (χ1n) is 4.61. The molecule has 1 atom stereocenters. The lowest BCUT2D eigenvalue weighted by atomic mass is 10.1. The van der Waals surface area contributed by atoms with Crippen molar-refractivity contribution in [3.05, 3.63) is 0 Å². The van der Waals surface area contributed by atoms with E-state index in [2.05, 4.69) is 0 Å². The van der Waals surface area contributed by atoms with Crippen LogP contribution >= 0.6 is 0 Å². The lowest BCUT2D eigenvalue weighted by molar-refractivity contribution is -0.146. The number of carboxylic acids is 1. The van der Waals surface area contributed by atoms with Crippen LogP contribution in [0.3, 0.4) is 0 Å². The summed E-state index contributed by atoms with van der Waals surface area (Å²) in [5.74, 6) is -0.914. The maximum absolute atomic E-state index is 10.8. The summed E-state index contributed by atoms with van der Waals surface area (Å²) in [5.41, 5.74) is 0. The molecule has 0 aliphatic rings. The molecule has 0 heterocycles. The van der Waals surface area contributed by atoms with Crippen molar-refractivity contribution < 1.29 is 14.7 Å². The lowest BCUT2D eigenvalue weighted by Gasteiger charge is -2.23. The third-order valence-electron chi connectivity index (χ3n) is 1.86. The summed E-state index contributed by atoms with van der Waals surface area (Å²) in [4.78, 5) is 22.7. The molecule has 0 saturated carbocycles. The minimum Gasteiger partial charge on any atom is -0.480 e. The Balaban J connectivity index is 4.28. The van der Waals surface area contributed by atoms with Gasteiger partial charge in [-0.25, -0.2) is 4.79 Å². The average Bonchev–Trinajstić information content (AvgIpc) is 2.10. The maximum Gasteiger partial charge on any atom is 0.326 e. The quantitative estimate of drug-likeness (QED) is 0.607. The van der Waals surface area contributed by atoms with Gasteiger partial charge in [-0.1, -0.05) is 20.3 Å². The second-order valence-corrected chi connectivity index (χ2v) is 2.99. The van der Waals surface area contributed by atoms with Gasteiger partial charge >= 0.3 is 5.97 Å². The molecular weight excluding hydrogens is 170 g/mol. The molecule has 0 aromatic heterocycles. The third kappa shape index (κ3) is 3.92. The largest absolute Gasteiger partial charge is 0.480 e. The van der Waals surface area contributed by atoms with E-state index in [1.54, 1.807) is 0 Å². The fourth-order valence-corrected chi connectivity index (χ4v) is 1.24. The highest BCUT2D eigenvalue weighted by Gasteiger charge is 2.22. The van der Waals surface area contributed by atoms with Crippen molar-refractivity contribution in [1.82, 2.24) is 4.90 Å². The summed E-state index contributed by atoms with van der Waals surface area (Å²) < 4.78 is 0. The number of carbonyl (C=O) groups excluding carboxylic acids is 1. The van der Waals surface area contributed by atoms with Crippen LogP contribution in [0.15, 0.2) is 0 Å². The zero-order valence-corrected chi connectivity index (χ0v) is 8.19. The topological polar surface area (TPSA) is 57.6 Å². The van der Waals surface area contributed by atoms with Crippen LogP contribution in [0.2, 0.25) is 0 Å². The van der Waals surface area contributed by atoms with Crippen molar-refractivity contribution in [2.24, 2.45) is 0 Å². The number of amides is 1. The first kappa shape index (κ1) is 11.9. The molecule has 0 aromatic carbocycles. The lowest BCUT2D eigenvalue weighted by Crippen LogP contribution is -2.40. The Morgan fingerprint density at radius 1 is 1.46 bits per heavy atom. The van der Waals surface area contributed by atoms with Crippen molar-refractivity contribution in [2.75, 3.05) is 6.54 Å². The Kier molecular flexibility index (Phi) is 5.93. The normalized spacial score (nSPS) is 12.2. The minimum absolute atomic E-state index is 0.514. The van der Waals surface area contributed by atoms with Crippen LogP contribution in [0.25, 0.3) is 0 Å². The first-order valence-corrected chi connectivity index (χ1v) is 4.61. The molecule has 13 heavy (non-hydrogen) atoms. The van der Waals surface area contributed by atoms with E-state index in [1.807, 2.05) is 13.8 Å². The smallest absolute Gasteiger partial charge is 0.326 e. The Bertz CT molecular complexity index is 170. The Morgan fingerprint density at radius 3 is 2.38 bits per heavy atom. The van der Waals surface area contributed by atoms with Gasteiger partial charge in [0.05, 0.1) is 0 Å². The minimum atomic E-state index is -0.914. The van der Waals surface area contributed by atoms with E-state index in [0.717, 1.165) is 12.8 Å². The molecule has 0 bridgehead atoms. The highest BCUT2D eigenvalue weighted by Crippen LogP contribution is 2.06. The van der Waals surface area contributed by atoms with Crippen molar-refractivity contribution in [3.63, 3.8) is 0 Å². The molecule has 0 rings (SSSR count). The summed E-state index contributed by atoms with van der Waals surface area (Å²) in [6.07, 6.45) is 2.70. The van der Waals surface area contributed by atoms with E-state index in [1.165, 1.54) is 4.90 Å². The van der Waals surface area contributed by atoms with Crippen LogP contribution < -0.4 is 0 Å². The summed E-state index contributed by atoms with van der Waals surface area (Å²) in [6, 6.07) is -0.651. The van der Waals surface area contributed by atoms with E-state index in [0.29, 0.717) is 19.4 Å². The monoisotopic (exact) mass is 187 g/mol. The summed E-state index contributed by atoms with van der Waals surface area (Å²) in [5, 5.41) is 8.83. The van der Waals surface area contributed by atoms with Gasteiger partial charge < -0.3 is 10.0 Å². The Labute approximate surface area is 78.5 Å². The summed E-state index contributed by atoms with van der Waals surface area (Å²) >= 11 is 0. The van der Waals surface area contributed by atoms with E-state index in [9.17, 15) is 9.59 Å². The number of hydrogen-bond donors (Lipinski definition) is 1. The molecule has 0 aliphatic heterocycles. The predicted molar refractivity (Wildman–Crippen MR) is 49.4 cm³/mol. The van der Waals surface area contributed by atoms with Gasteiger partial charge in [-0.2, -0.15) is 0 Å². The number of carbonyl (C=O) groups is 2. The van der Waals surface area contributed by atoms with Gasteiger partial charge in [0.15, 0.2) is 0 Å². The molecule has 0 spiro atoms. The van der Waals surface area contributed by atoms with E-state index >= 15 is 0 Å². The Hall–Kier alpha value is -1.06. The van der Waals surface area contributed by atoms with Gasteiger partial charge in [0, 0.05) is 6.54 Å². The summed E-state index contributed by atoms with van der Waals surface area (Å²) in [7, 11) is 0. The van der Waals surface area contributed by atoms with Gasteiger partial charge in [0.1, 0.15) is 6.04 Å². The molecule has 1 N–H and O–H groups in total. The highest BCUT2D eigenvalue weighted by molar-refractivity contribution is 5.76. The van der Waals surface area contributed by atoms with Crippen LogP contribution in [0, 0.1) is 0 Å². The van der Waals surface area contributed by atoms with E-state index in [4.69, 9.17) is 5.11 Å². The molecule has 4 heteroatoms. The maximum atomic E-state index is 10.8. The average molecular weight is 187 g/mol. The molecule has 1 amide bonds. The fraction of sp³-hybridized carbons (Fsp3) is 0.778. The molecule has 0 radical (unpaired) electrons. The van der Waals surface area contributed by atoms with Crippen LogP contribution in [-0.4, -0.2) is 35.0 Å². The van der Waals surface area contributed by atoms with E-state index < -0.39 is 12.0 Å². The number of rotatable bonds is 7. The van der Waals surface area contributed by atoms with Gasteiger partial charge in [0.2, 0.25) is 6.41 Å². The van der Waals surface area contributed by atoms with Gasteiger partial charge in [-0.05, 0) is 12.8 Å². The van der Waals surface area contributed by atoms with Gasteiger partial charge in [-0.15, -0.1) is 0 Å². The second-order valence-electron chi connectivity index (χ2n) is 2.99. The molecule has 0 fully saturated rings. The van der Waals surface area contributed by atoms with Crippen molar-refractivity contribution in [3.8, 4) is 0 Å². The molecule has 76 valence electrons. The number of nitrogens with zero attached hydrogens (tertiary/aromatic N) is 1. The Morgan fingerprint density at radius 2 is 2.08 bits per heavy atom. The molecule has 0 saturated heterocycles. The number of carboxylic acid groups (broad SMARTS) is 1. The molecule has 4 nitrogen and oxygen atoms in total. The van der Waals surface area contributed by atoms with Crippen molar-refractivity contribution in [2.45, 2.75) is 39.2 Å². The highest BCUT2D eigenvalue weighted by atomic mass is 16.4. The van der Waals surface area contributed by atoms with Crippen LogP contribution in [0.5, 0.6) is 0 Å². The SMILES string of the molecule is CCCC(C(=O)O)N(C=O)CCC. The fourth-order valence-electron chi connectivity index (χ4n) is 1.24. The van der Waals surface area contributed by atoms with Crippen LogP contribution in [-0.2, 0) is 9.59 Å². The summed E-state index contributed by atoms with van der Waals surface area (Å²) in [6.45, 7) is 4.34. The second kappa shape index (κ2) is 6.46. The van der Waals surface area contributed by atoms with Crippen molar-refractivity contribution in [1.29, 1.82) is 0 Å². The molecule has 0 aromatic rings. The zero-order valence-electron chi connectivity index (χ0n) is 8.19. The number of aliphatic carboxylic acids is 1. The van der Waals surface area contributed by atoms with E-state index in [-0.39, 0.29) is 0 Å². The van der Waals surface area contributed by atoms with Gasteiger partial charge in [0.25, 0.3) is 0 Å². The first-order chi connectivity index (χ1) is 6.17. The predicted octanol–water partition coefficient (Wildman–Crippen LogP) is 1.11. The number of hydrogen-bond acceptors (Lipinski definition) is 2. The third-order valence-corrected chi connectivity index (χ3v) is 1.86. The molecule has 1 unspecified atom stereocenters.